The number of rotatable bonds is 7. The van der Waals surface area contributed by atoms with Crippen molar-refractivity contribution in [3.63, 3.8) is 0 Å². The molecule has 1 unspecified atom stereocenters. The number of nitrogens with zero attached hydrogens (tertiary/aromatic N) is 3. The van der Waals surface area contributed by atoms with E-state index in [1.165, 1.54) is 0 Å². The van der Waals surface area contributed by atoms with Gasteiger partial charge in [-0.3, -0.25) is 19.7 Å². The topological polar surface area (TPSA) is 108 Å². The lowest BCUT2D eigenvalue weighted by Gasteiger charge is -2.27. The van der Waals surface area contributed by atoms with Gasteiger partial charge in [0.25, 0.3) is 6.20 Å². The number of hydrogen-bond acceptors (Lipinski definition) is 6. The molecule has 168 valence electrons. The summed E-state index contributed by atoms with van der Waals surface area (Å²) in [6, 6.07) is 5.16. The predicted molar refractivity (Wildman–Crippen MR) is 118 cm³/mol. The minimum Gasteiger partial charge on any atom is -0.355 e. The van der Waals surface area contributed by atoms with E-state index >= 15 is 0 Å². The fourth-order valence-electron chi connectivity index (χ4n) is 4.23. The third kappa shape index (κ3) is 6.44. The first-order valence-corrected chi connectivity index (χ1v) is 10.9. The lowest BCUT2D eigenvalue weighted by molar-refractivity contribution is -0.403. The number of amides is 2. The van der Waals surface area contributed by atoms with Crippen molar-refractivity contribution in [1.29, 1.82) is 0 Å². The lowest BCUT2D eigenvalue weighted by Crippen LogP contribution is -2.49. The summed E-state index contributed by atoms with van der Waals surface area (Å²) in [4.78, 5) is 39.7. The van der Waals surface area contributed by atoms with Crippen LogP contribution in [0.4, 0.5) is 5.69 Å². The van der Waals surface area contributed by atoms with Crippen molar-refractivity contribution in [2.45, 2.75) is 52.0 Å². The summed E-state index contributed by atoms with van der Waals surface area (Å²) in [7, 11) is 0. The smallest absolute Gasteiger partial charge is 0.274 e. The molecular weight excluding hydrogens is 398 g/mol. The number of carbonyl (C=O) groups is 2. The average molecular weight is 430 g/mol. The van der Waals surface area contributed by atoms with Gasteiger partial charge in [0.2, 0.25) is 11.8 Å². The highest BCUT2D eigenvalue weighted by atomic mass is 16.6. The fourth-order valence-corrected chi connectivity index (χ4v) is 4.23. The van der Waals surface area contributed by atoms with Gasteiger partial charge < -0.3 is 20.4 Å². The van der Waals surface area contributed by atoms with E-state index in [-0.39, 0.29) is 24.2 Å². The van der Waals surface area contributed by atoms with Crippen LogP contribution in [0, 0.1) is 24.0 Å². The van der Waals surface area contributed by atoms with Crippen LogP contribution in [0.5, 0.6) is 0 Å². The number of nitro groups is 1. The van der Waals surface area contributed by atoms with Gasteiger partial charge in [0.1, 0.15) is 6.04 Å². The van der Waals surface area contributed by atoms with E-state index in [4.69, 9.17) is 0 Å². The molecule has 2 aliphatic rings. The van der Waals surface area contributed by atoms with Crippen LogP contribution in [0.3, 0.4) is 0 Å². The summed E-state index contributed by atoms with van der Waals surface area (Å²) in [5.41, 5.74) is 2.76. The van der Waals surface area contributed by atoms with Crippen LogP contribution in [-0.2, 0) is 9.59 Å². The second-order valence-corrected chi connectivity index (χ2v) is 8.37. The summed E-state index contributed by atoms with van der Waals surface area (Å²) in [5.74, 6) is -0.0662. The Morgan fingerprint density at radius 1 is 1.13 bits per heavy atom. The largest absolute Gasteiger partial charge is 0.355 e. The highest BCUT2D eigenvalue weighted by Crippen LogP contribution is 2.18. The lowest BCUT2D eigenvalue weighted by atomic mass is 10.1. The molecule has 1 atom stereocenters. The van der Waals surface area contributed by atoms with E-state index < -0.39 is 11.0 Å². The molecule has 2 amide bonds. The number of likely N-dealkylation sites (tertiary alicyclic amines) is 2. The van der Waals surface area contributed by atoms with Gasteiger partial charge in [-0.2, -0.15) is 0 Å². The third-order valence-corrected chi connectivity index (χ3v) is 5.63. The monoisotopic (exact) mass is 429 g/mol. The SMILES string of the molecule is Cc1cc(C)cc(NC(=C[N+](=O)[O-])NC2CCCCN(CC(=O)N3CCCC3)C2=O)c1. The minimum atomic E-state index is -0.626. The molecule has 31 heavy (non-hydrogen) atoms. The summed E-state index contributed by atoms with van der Waals surface area (Å²) < 4.78 is 0. The van der Waals surface area contributed by atoms with E-state index in [0.29, 0.717) is 18.7 Å². The van der Waals surface area contributed by atoms with Gasteiger partial charge in [0.15, 0.2) is 5.82 Å². The Kier molecular flexibility index (Phi) is 7.49. The first-order chi connectivity index (χ1) is 14.8. The predicted octanol–water partition coefficient (Wildman–Crippen LogP) is 2.38. The van der Waals surface area contributed by atoms with Gasteiger partial charge in [-0.25, -0.2) is 0 Å². The fraction of sp³-hybridized carbons (Fsp3) is 0.545. The van der Waals surface area contributed by atoms with Gasteiger partial charge in [-0.15, -0.1) is 0 Å². The van der Waals surface area contributed by atoms with Crippen molar-refractivity contribution < 1.29 is 14.5 Å². The third-order valence-electron chi connectivity index (χ3n) is 5.63. The van der Waals surface area contributed by atoms with E-state index in [1.54, 1.807) is 9.80 Å². The molecule has 9 nitrogen and oxygen atoms in total. The molecule has 0 saturated carbocycles. The molecular formula is C22H31N5O4. The molecule has 1 aromatic carbocycles. The maximum atomic E-state index is 13.1. The minimum absolute atomic E-state index is 0.0269. The first-order valence-electron chi connectivity index (χ1n) is 10.9. The molecule has 0 spiro atoms. The number of carbonyl (C=O) groups excluding carboxylic acids is 2. The van der Waals surface area contributed by atoms with Gasteiger partial charge >= 0.3 is 0 Å². The molecule has 2 aliphatic heterocycles. The van der Waals surface area contributed by atoms with E-state index in [0.717, 1.165) is 56.1 Å². The van der Waals surface area contributed by atoms with Crippen LogP contribution in [-0.4, -0.2) is 58.8 Å². The molecule has 0 aliphatic carbocycles. The van der Waals surface area contributed by atoms with Crippen LogP contribution >= 0.6 is 0 Å². The van der Waals surface area contributed by atoms with Crippen molar-refractivity contribution in [3.8, 4) is 0 Å². The standard InChI is InChI=1S/C22H31N5O4/c1-16-11-17(2)13-18(12-16)23-20(14-27(30)31)24-19-7-3-4-10-26(22(19)29)15-21(28)25-8-5-6-9-25/h11-14,19,23-24H,3-10,15H2,1-2H3. The Morgan fingerprint density at radius 2 is 1.77 bits per heavy atom. The van der Waals surface area contributed by atoms with E-state index in [2.05, 4.69) is 10.6 Å². The molecule has 0 bridgehead atoms. The molecule has 2 N–H and O–H groups in total. The zero-order chi connectivity index (χ0) is 22.4. The Bertz CT molecular complexity index is 843. The van der Waals surface area contributed by atoms with E-state index in [9.17, 15) is 19.7 Å². The van der Waals surface area contributed by atoms with Crippen LogP contribution in [0.2, 0.25) is 0 Å². The number of nitrogens with one attached hydrogen (secondary N) is 2. The number of hydrogen-bond donors (Lipinski definition) is 2. The Labute approximate surface area is 182 Å². The zero-order valence-corrected chi connectivity index (χ0v) is 18.2. The molecule has 2 fully saturated rings. The van der Waals surface area contributed by atoms with Gasteiger partial charge in [-0.05, 0) is 69.2 Å². The molecule has 0 radical (unpaired) electrons. The Morgan fingerprint density at radius 3 is 2.42 bits per heavy atom. The van der Waals surface area contributed by atoms with Crippen LogP contribution < -0.4 is 10.6 Å². The highest BCUT2D eigenvalue weighted by Gasteiger charge is 2.30. The van der Waals surface area contributed by atoms with Gasteiger partial charge in [-0.1, -0.05) is 6.07 Å². The summed E-state index contributed by atoms with van der Waals surface area (Å²) in [5, 5.41) is 17.3. The summed E-state index contributed by atoms with van der Waals surface area (Å²) >= 11 is 0. The second kappa shape index (κ2) is 10.3. The van der Waals surface area contributed by atoms with Gasteiger partial charge in [0, 0.05) is 25.3 Å². The number of benzene rings is 1. The molecule has 2 saturated heterocycles. The first kappa shape index (κ1) is 22.6. The number of aryl methyl sites for hydroxylation is 2. The molecule has 9 heteroatoms. The summed E-state index contributed by atoms with van der Waals surface area (Å²) in [6.07, 6.45) is 5.00. The van der Waals surface area contributed by atoms with Crippen molar-refractivity contribution in [1.82, 2.24) is 15.1 Å². The van der Waals surface area contributed by atoms with Crippen molar-refractivity contribution in [3.05, 3.63) is 51.5 Å². The molecule has 3 rings (SSSR count). The summed E-state index contributed by atoms with van der Waals surface area (Å²) in [6.45, 7) is 5.99. The van der Waals surface area contributed by atoms with E-state index in [1.807, 2.05) is 32.0 Å². The molecule has 0 aromatic heterocycles. The Balaban J connectivity index is 1.72. The average Bonchev–Trinajstić information content (AvgIpc) is 3.17. The molecule has 2 heterocycles. The normalized spacial score (nSPS) is 19.9. The molecule has 1 aromatic rings. The van der Waals surface area contributed by atoms with Crippen molar-refractivity contribution in [2.24, 2.45) is 0 Å². The number of anilines is 1. The maximum Gasteiger partial charge on any atom is 0.274 e. The maximum absolute atomic E-state index is 13.1. The van der Waals surface area contributed by atoms with Crippen molar-refractivity contribution in [2.75, 3.05) is 31.5 Å². The zero-order valence-electron chi connectivity index (χ0n) is 18.2. The Hall–Kier alpha value is -3.10. The highest BCUT2D eigenvalue weighted by molar-refractivity contribution is 5.88. The van der Waals surface area contributed by atoms with Gasteiger partial charge in [0.05, 0.1) is 11.5 Å². The van der Waals surface area contributed by atoms with Crippen LogP contribution in [0.15, 0.2) is 30.2 Å². The van der Waals surface area contributed by atoms with Crippen molar-refractivity contribution >= 4 is 17.5 Å². The van der Waals surface area contributed by atoms with Crippen LogP contribution in [0.1, 0.15) is 43.2 Å². The quantitative estimate of drug-likeness (QED) is 0.509. The van der Waals surface area contributed by atoms with Crippen LogP contribution in [0.25, 0.3) is 0 Å². The second-order valence-electron chi connectivity index (χ2n) is 8.37.